The number of rotatable bonds is 5. The van der Waals surface area contributed by atoms with E-state index >= 15 is 0 Å². The average Bonchev–Trinajstić information content (AvgIpc) is 2.51. The molecule has 1 amide bonds. The number of carbonyl (C=O) groups is 1. The summed E-state index contributed by atoms with van der Waals surface area (Å²) in [7, 11) is 0. The van der Waals surface area contributed by atoms with Gasteiger partial charge in [0.15, 0.2) is 11.6 Å². The smallest absolute Gasteiger partial charge is 0.254 e. The molecule has 0 saturated heterocycles. The van der Waals surface area contributed by atoms with Gasteiger partial charge in [0, 0.05) is 6.07 Å². The van der Waals surface area contributed by atoms with Crippen molar-refractivity contribution >= 4 is 5.91 Å². The molecule has 6 heteroatoms. The Kier molecular flexibility index (Phi) is 5.16. The van der Waals surface area contributed by atoms with E-state index in [0.29, 0.717) is 18.6 Å². The monoisotopic (exact) mass is 309 g/mol. The third-order valence-electron chi connectivity index (χ3n) is 3.14. The number of hydrogen-bond acceptors (Lipinski definition) is 2. The van der Waals surface area contributed by atoms with Crippen molar-refractivity contribution in [3.8, 4) is 0 Å². The molecular weight excluding hydrogens is 295 g/mol. The Morgan fingerprint density at radius 3 is 2.32 bits per heavy atom. The third-order valence-corrected chi connectivity index (χ3v) is 3.14. The van der Waals surface area contributed by atoms with Gasteiger partial charge in [-0.2, -0.15) is 0 Å². The molecule has 2 aromatic rings. The fourth-order valence-electron chi connectivity index (χ4n) is 2.02. The standard InChI is InChI=1S/C16H14F3NO2/c17-13-8-15(19)14(18)7-12(13)16(22)20-11(9-21)6-10-4-2-1-3-5-10/h1-5,7-8,11,21H,6,9H2,(H,20,22)/t11-/m0/s1. The summed E-state index contributed by atoms with van der Waals surface area (Å²) in [6, 6.07) is 9.21. The molecule has 2 N–H and O–H groups in total. The summed E-state index contributed by atoms with van der Waals surface area (Å²) < 4.78 is 39.5. The second kappa shape index (κ2) is 7.09. The van der Waals surface area contributed by atoms with Crippen LogP contribution >= 0.6 is 0 Å². The molecule has 0 spiro atoms. The first kappa shape index (κ1) is 16.0. The van der Waals surface area contributed by atoms with E-state index in [1.54, 1.807) is 12.1 Å². The number of carbonyl (C=O) groups excluding carboxylic acids is 1. The second-order valence-electron chi connectivity index (χ2n) is 4.79. The van der Waals surface area contributed by atoms with Gasteiger partial charge in [-0.1, -0.05) is 30.3 Å². The highest BCUT2D eigenvalue weighted by molar-refractivity contribution is 5.94. The molecule has 3 nitrogen and oxygen atoms in total. The molecule has 0 saturated carbocycles. The lowest BCUT2D eigenvalue weighted by Crippen LogP contribution is -2.39. The van der Waals surface area contributed by atoms with Crippen molar-refractivity contribution < 1.29 is 23.1 Å². The van der Waals surface area contributed by atoms with Crippen LogP contribution in [0.1, 0.15) is 15.9 Å². The fraction of sp³-hybridized carbons (Fsp3) is 0.188. The Balaban J connectivity index is 2.11. The molecule has 0 aliphatic carbocycles. The summed E-state index contributed by atoms with van der Waals surface area (Å²) in [5, 5.41) is 11.7. The van der Waals surface area contributed by atoms with Crippen LogP contribution in [0.2, 0.25) is 0 Å². The van der Waals surface area contributed by atoms with Crippen molar-refractivity contribution in [1.82, 2.24) is 5.32 Å². The van der Waals surface area contributed by atoms with Gasteiger partial charge in [-0.3, -0.25) is 4.79 Å². The average molecular weight is 309 g/mol. The first-order valence-corrected chi connectivity index (χ1v) is 6.61. The first-order chi connectivity index (χ1) is 10.5. The van der Waals surface area contributed by atoms with Gasteiger partial charge in [-0.15, -0.1) is 0 Å². The van der Waals surface area contributed by atoms with E-state index in [9.17, 15) is 23.1 Å². The molecule has 0 aliphatic heterocycles. The molecule has 0 fully saturated rings. The Bertz CT molecular complexity index is 662. The highest BCUT2D eigenvalue weighted by Gasteiger charge is 2.19. The van der Waals surface area contributed by atoms with E-state index < -0.39 is 35.0 Å². The number of amides is 1. The first-order valence-electron chi connectivity index (χ1n) is 6.61. The van der Waals surface area contributed by atoms with Crippen LogP contribution in [0.3, 0.4) is 0 Å². The third kappa shape index (κ3) is 3.85. The molecule has 1 atom stereocenters. The number of benzene rings is 2. The molecule has 2 aromatic carbocycles. The lowest BCUT2D eigenvalue weighted by Gasteiger charge is -2.16. The van der Waals surface area contributed by atoms with E-state index in [0.717, 1.165) is 5.56 Å². The molecule has 0 heterocycles. The number of hydrogen-bond donors (Lipinski definition) is 2. The largest absolute Gasteiger partial charge is 0.394 e. The second-order valence-corrected chi connectivity index (χ2v) is 4.79. The zero-order valence-electron chi connectivity index (χ0n) is 11.5. The quantitative estimate of drug-likeness (QED) is 0.834. The van der Waals surface area contributed by atoms with Crippen LogP contribution in [-0.4, -0.2) is 23.7 Å². The van der Waals surface area contributed by atoms with Crippen LogP contribution in [0.5, 0.6) is 0 Å². The molecular formula is C16H14F3NO2. The van der Waals surface area contributed by atoms with E-state index in [1.165, 1.54) is 0 Å². The highest BCUT2D eigenvalue weighted by Crippen LogP contribution is 2.14. The van der Waals surface area contributed by atoms with Crippen molar-refractivity contribution in [2.24, 2.45) is 0 Å². The van der Waals surface area contributed by atoms with Crippen molar-refractivity contribution in [2.75, 3.05) is 6.61 Å². The minimum atomic E-state index is -1.36. The summed E-state index contributed by atoms with van der Waals surface area (Å²) in [6.45, 7) is -0.369. The predicted octanol–water partition coefficient (Wildman–Crippen LogP) is 2.44. The minimum Gasteiger partial charge on any atom is -0.394 e. The van der Waals surface area contributed by atoms with Crippen LogP contribution in [0.15, 0.2) is 42.5 Å². The van der Waals surface area contributed by atoms with Crippen molar-refractivity contribution in [3.05, 3.63) is 71.0 Å². The Hall–Kier alpha value is -2.34. The van der Waals surface area contributed by atoms with E-state index in [-0.39, 0.29) is 6.61 Å². The fourth-order valence-corrected chi connectivity index (χ4v) is 2.02. The van der Waals surface area contributed by atoms with Gasteiger partial charge in [0.1, 0.15) is 5.82 Å². The van der Waals surface area contributed by atoms with E-state index in [2.05, 4.69) is 5.32 Å². The molecule has 0 unspecified atom stereocenters. The molecule has 2 rings (SSSR count). The number of aliphatic hydroxyl groups is 1. The summed E-state index contributed by atoms with van der Waals surface area (Å²) in [6.07, 6.45) is 0.328. The number of halogens is 3. The molecule has 0 aromatic heterocycles. The Labute approximate surface area is 125 Å². The minimum absolute atomic E-state index is 0.315. The van der Waals surface area contributed by atoms with Gasteiger partial charge < -0.3 is 10.4 Å². The highest BCUT2D eigenvalue weighted by atomic mass is 19.2. The molecule has 116 valence electrons. The van der Waals surface area contributed by atoms with Gasteiger partial charge in [0.25, 0.3) is 5.91 Å². The lowest BCUT2D eigenvalue weighted by atomic mass is 10.1. The van der Waals surface area contributed by atoms with Crippen LogP contribution in [-0.2, 0) is 6.42 Å². The van der Waals surface area contributed by atoms with Gasteiger partial charge in [0.05, 0.1) is 18.2 Å². The zero-order chi connectivity index (χ0) is 16.1. The SMILES string of the molecule is O=C(N[C@H](CO)Cc1ccccc1)c1cc(F)c(F)cc1F. The maximum Gasteiger partial charge on any atom is 0.254 e. The maximum absolute atomic E-state index is 13.5. The number of nitrogens with one attached hydrogen (secondary N) is 1. The Morgan fingerprint density at radius 1 is 1.05 bits per heavy atom. The summed E-state index contributed by atoms with van der Waals surface area (Å²) in [5.41, 5.74) is 0.262. The lowest BCUT2D eigenvalue weighted by molar-refractivity contribution is 0.0911. The zero-order valence-corrected chi connectivity index (χ0v) is 11.5. The van der Waals surface area contributed by atoms with Crippen molar-refractivity contribution in [1.29, 1.82) is 0 Å². The summed E-state index contributed by atoms with van der Waals surface area (Å²) in [5.74, 6) is -4.74. The normalized spacial score (nSPS) is 12.0. The van der Waals surface area contributed by atoms with Gasteiger partial charge in [-0.05, 0) is 18.1 Å². The van der Waals surface area contributed by atoms with Crippen molar-refractivity contribution in [2.45, 2.75) is 12.5 Å². The van der Waals surface area contributed by atoms with Crippen LogP contribution < -0.4 is 5.32 Å². The van der Waals surface area contributed by atoms with E-state index in [4.69, 9.17) is 0 Å². The van der Waals surface area contributed by atoms with Crippen LogP contribution in [0.25, 0.3) is 0 Å². The van der Waals surface area contributed by atoms with Gasteiger partial charge in [0.2, 0.25) is 0 Å². The predicted molar refractivity (Wildman–Crippen MR) is 74.8 cm³/mol. The summed E-state index contributed by atoms with van der Waals surface area (Å²) >= 11 is 0. The molecule has 0 radical (unpaired) electrons. The maximum atomic E-state index is 13.5. The van der Waals surface area contributed by atoms with Gasteiger partial charge in [-0.25, -0.2) is 13.2 Å². The molecule has 0 aliphatic rings. The van der Waals surface area contributed by atoms with Crippen LogP contribution in [0.4, 0.5) is 13.2 Å². The van der Waals surface area contributed by atoms with Crippen LogP contribution in [0, 0.1) is 17.5 Å². The topological polar surface area (TPSA) is 49.3 Å². The summed E-state index contributed by atoms with van der Waals surface area (Å²) in [4.78, 5) is 11.9. The Morgan fingerprint density at radius 2 is 1.68 bits per heavy atom. The van der Waals surface area contributed by atoms with E-state index in [1.807, 2.05) is 18.2 Å². The van der Waals surface area contributed by atoms with Gasteiger partial charge >= 0.3 is 0 Å². The molecule has 22 heavy (non-hydrogen) atoms. The van der Waals surface area contributed by atoms with Crippen molar-refractivity contribution in [3.63, 3.8) is 0 Å². The molecule has 0 bridgehead atoms. The number of aliphatic hydroxyl groups excluding tert-OH is 1.